The third kappa shape index (κ3) is 1.43. The molecule has 5 nitrogen and oxygen atoms in total. The molecule has 2 aliphatic heterocycles. The maximum Gasteiger partial charge on any atom is 0.231 e. The van der Waals surface area contributed by atoms with E-state index in [2.05, 4.69) is 0 Å². The lowest BCUT2D eigenvalue weighted by Crippen LogP contribution is -1.95. The Morgan fingerprint density at radius 1 is 0.800 bits per heavy atom. The summed E-state index contributed by atoms with van der Waals surface area (Å²) in [7, 11) is 0. The second kappa shape index (κ2) is 3.96. The van der Waals surface area contributed by atoms with Crippen LogP contribution in [0.1, 0.15) is 5.56 Å². The average molecular weight is 272 g/mol. The molecule has 0 saturated heterocycles. The van der Waals surface area contributed by atoms with Gasteiger partial charge in [-0.05, 0) is 30.7 Å². The van der Waals surface area contributed by atoms with Gasteiger partial charge in [-0.25, -0.2) is 0 Å². The molecule has 4 rings (SSSR count). The molecule has 0 bridgehead atoms. The maximum absolute atomic E-state index is 10.3. The van der Waals surface area contributed by atoms with Gasteiger partial charge in [0.15, 0.2) is 23.0 Å². The molecular weight excluding hydrogens is 260 g/mol. The van der Waals surface area contributed by atoms with Gasteiger partial charge in [-0.1, -0.05) is 6.07 Å². The Balaban J connectivity index is 2.04. The Bertz CT molecular complexity index is 646. The lowest BCUT2D eigenvalue weighted by molar-refractivity contribution is 0.173. The predicted molar refractivity (Wildman–Crippen MR) is 70.5 cm³/mol. The Kier molecular flexibility index (Phi) is 2.24. The van der Waals surface area contributed by atoms with Crippen LogP contribution in [0.3, 0.4) is 0 Å². The third-order valence-corrected chi connectivity index (χ3v) is 3.51. The fourth-order valence-electron chi connectivity index (χ4n) is 2.59. The van der Waals surface area contributed by atoms with Crippen molar-refractivity contribution in [1.29, 1.82) is 0 Å². The zero-order valence-corrected chi connectivity index (χ0v) is 10.8. The molecule has 2 heterocycles. The van der Waals surface area contributed by atoms with E-state index < -0.39 is 0 Å². The topological polar surface area (TPSA) is 57.2 Å². The zero-order chi connectivity index (χ0) is 13.7. The molecule has 102 valence electrons. The molecule has 0 radical (unpaired) electrons. The predicted octanol–water partition coefficient (Wildman–Crippen LogP) is 2.83. The van der Waals surface area contributed by atoms with Crippen molar-refractivity contribution in [3.63, 3.8) is 0 Å². The average Bonchev–Trinajstić information content (AvgIpc) is 3.08. The SMILES string of the molecule is Cc1ccc2c(c1-c1c(O)ccc3c1OCO3)OCO2. The summed E-state index contributed by atoms with van der Waals surface area (Å²) in [6, 6.07) is 7.07. The fraction of sp³-hybridized carbons (Fsp3) is 0.200. The van der Waals surface area contributed by atoms with Gasteiger partial charge < -0.3 is 24.1 Å². The van der Waals surface area contributed by atoms with Crippen LogP contribution in [0, 0.1) is 6.92 Å². The van der Waals surface area contributed by atoms with E-state index in [1.54, 1.807) is 12.1 Å². The highest BCUT2D eigenvalue weighted by Crippen LogP contribution is 2.53. The number of hydrogen-bond acceptors (Lipinski definition) is 5. The molecule has 0 amide bonds. The van der Waals surface area contributed by atoms with Crippen molar-refractivity contribution in [2.75, 3.05) is 13.6 Å². The molecule has 0 fully saturated rings. The van der Waals surface area contributed by atoms with Gasteiger partial charge in [0.2, 0.25) is 13.6 Å². The second-order valence-electron chi connectivity index (χ2n) is 4.68. The van der Waals surface area contributed by atoms with Gasteiger partial charge in [0.05, 0.1) is 5.56 Å². The van der Waals surface area contributed by atoms with Gasteiger partial charge in [-0.2, -0.15) is 0 Å². The first kappa shape index (κ1) is 11.3. The molecule has 0 saturated carbocycles. The van der Waals surface area contributed by atoms with Gasteiger partial charge in [0.25, 0.3) is 0 Å². The first-order valence-electron chi connectivity index (χ1n) is 6.27. The number of fused-ring (bicyclic) bond motifs is 2. The van der Waals surface area contributed by atoms with E-state index in [0.717, 1.165) is 11.1 Å². The first-order chi connectivity index (χ1) is 9.75. The van der Waals surface area contributed by atoms with Gasteiger partial charge in [-0.3, -0.25) is 0 Å². The van der Waals surface area contributed by atoms with E-state index in [9.17, 15) is 5.11 Å². The minimum atomic E-state index is 0.126. The number of aryl methyl sites for hydroxylation is 1. The number of phenols is 1. The van der Waals surface area contributed by atoms with E-state index in [1.807, 2.05) is 19.1 Å². The fourth-order valence-corrected chi connectivity index (χ4v) is 2.59. The number of ether oxygens (including phenoxy) is 4. The molecule has 0 unspecified atom stereocenters. The van der Waals surface area contributed by atoms with Crippen LogP contribution in [0.2, 0.25) is 0 Å². The van der Waals surface area contributed by atoms with E-state index in [4.69, 9.17) is 18.9 Å². The maximum atomic E-state index is 10.3. The van der Waals surface area contributed by atoms with E-state index in [0.29, 0.717) is 28.6 Å². The lowest BCUT2D eigenvalue weighted by Gasteiger charge is -2.13. The van der Waals surface area contributed by atoms with E-state index >= 15 is 0 Å². The first-order valence-corrected chi connectivity index (χ1v) is 6.27. The normalized spacial score (nSPS) is 14.7. The summed E-state index contributed by atoms with van der Waals surface area (Å²) in [6.07, 6.45) is 0. The van der Waals surface area contributed by atoms with Crippen LogP contribution in [0.15, 0.2) is 24.3 Å². The number of hydrogen-bond donors (Lipinski definition) is 1. The summed E-state index contributed by atoms with van der Waals surface area (Å²) in [6.45, 7) is 2.28. The molecule has 5 heteroatoms. The summed E-state index contributed by atoms with van der Waals surface area (Å²) >= 11 is 0. The largest absolute Gasteiger partial charge is 0.507 e. The van der Waals surface area contributed by atoms with Crippen molar-refractivity contribution < 1.29 is 24.1 Å². The smallest absolute Gasteiger partial charge is 0.231 e. The monoisotopic (exact) mass is 272 g/mol. The van der Waals surface area contributed by atoms with Crippen molar-refractivity contribution in [3.05, 3.63) is 29.8 Å². The highest BCUT2D eigenvalue weighted by molar-refractivity contribution is 5.87. The van der Waals surface area contributed by atoms with E-state index in [1.165, 1.54) is 0 Å². The van der Waals surface area contributed by atoms with Crippen molar-refractivity contribution in [3.8, 4) is 39.9 Å². The highest BCUT2D eigenvalue weighted by atomic mass is 16.7. The second-order valence-corrected chi connectivity index (χ2v) is 4.68. The Morgan fingerprint density at radius 2 is 1.40 bits per heavy atom. The molecule has 0 atom stereocenters. The molecule has 0 spiro atoms. The van der Waals surface area contributed by atoms with Gasteiger partial charge in [0.1, 0.15) is 5.75 Å². The van der Waals surface area contributed by atoms with Gasteiger partial charge >= 0.3 is 0 Å². The number of benzene rings is 2. The van der Waals surface area contributed by atoms with E-state index in [-0.39, 0.29) is 19.3 Å². The van der Waals surface area contributed by atoms with Crippen LogP contribution in [0.5, 0.6) is 28.7 Å². The van der Waals surface area contributed by atoms with Crippen LogP contribution < -0.4 is 18.9 Å². The molecular formula is C15H12O5. The Labute approximate surface area is 115 Å². The molecule has 2 aromatic carbocycles. The highest BCUT2D eigenvalue weighted by Gasteiger charge is 2.28. The van der Waals surface area contributed by atoms with Crippen LogP contribution in [0.4, 0.5) is 0 Å². The lowest BCUT2D eigenvalue weighted by atomic mass is 9.97. The Morgan fingerprint density at radius 3 is 2.10 bits per heavy atom. The standard InChI is InChI=1S/C15H12O5/c1-8-2-4-10-14(19-6-17-10)12(8)13-9(16)3-5-11-15(13)20-7-18-11/h2-5,16H,6-7H2,1H3. The third-order valence-electron chi connectivity index (χ3n) is 3.51. The number of aromatic hydroxyl groups is 1. The van der Waals surface area contributed by atoms with Crippen molar-refractivity contribution in [2.45, 2.75) is 6.92 Å². The molecule has 0 aromatic heterocycles. The molecule has 1 N–H and O–H groups in total. The van der Waals surface area contributed by atoms with Crippen LogP contribution >= 0.6 is 0 Å². The molecule has 2 aliphatic rings. The summed E-state index contributed by atoms with van der Waals surface area (Å²) in [5, 5.41) is 10.3. The van der Waals surface area contributed by atoms with Gasteiger partial charge in [0, 0.05) is 5.56 Å². The van der Waals surface area contributed by atoms with Crippen LogP contribution in [0.25, 0.3) is 11.1 Å². The van der Waals surface area contributed by atoms with Gasteiger partial charge in [-0.15, -0.1) is 0 Å². The zero-order valence-electron chi connectivity index (χ0n) is 10.8. The van der Waals surface area contributed by atoms with Crippen molar-refractivity contribution in [2.24, 2.45) is 0 Å². The summed E-state index contributed by atoms with van der Waals surface area (Å²) < 4.78 is 21.8. The summed E-state index contributed by atoms with van der Waals surface area (Å²) in [5.41, 5.74) is 2.33. The van der Waals surface area contributed by atoms with Crippen LogP contribution in [-0.2, 0) is 0 Å². The minimum absolute atomic E-state index is 0.126. The number of phenolic OH excluding ortho intramolecular Hbond substituents is 1. The summed E-state index contributed by atoms with van der Waals surface area (Å²) in [5.74, 6) is 2.58. The molecule has 0 aliphatic carbocycles. The number of rotatable bonds is 1. The van der Waals surface area contributed by atoms with Crippen molar-refractivity contribution >= 4 is 0 Å². The molecule has 20 heavy (non-hydrogen) atoms. The molecule has 2 aromatic rings. The van der Waals surface area contributed by atoms with Crippen molar-refractivity contribution in [1.82, 2.24) is 0 Å². The Hall–Kier alpha value is -2.56. The summed E-state index contributed by atoms with van der Waals surface area (Å²) in [4.78, 5) is 0. The quantitative estimate of drug-likeness (QED) is 0.865. The van der Waals surface area contributed by atoms with Crippen LogP contribution in [-0.4, -0.2) is 18.7 Å². The minimum Gasteiger partial charge on any atom is -0.507 e.